The number of methoxy groups -OCH3 is 1. The second-order valence-electron chi connectivity index (χ2n) is 14.0. The van der Waals surface area contributed by atoms with Crippen molar-refractivity contribution < 1.29 is 29.3 Å². The van der Waals surface area contributed by atoms with Crippen LogP contribution in [0.4, 0.5) is 4.79 Å². The van der Waals surface area contributed by atoms with Crippen molar-refractivity contribution in [2.75, 3.05) is 13.7 Å². The highest BCUT2D eigenvalue weighted by molar-refractivity contribution is 5.87. The zero-order valence-electron chi connectivity index (χ0n) is 29.8. The van der Waals surface area contributed by atoms with Crippen LogP contribution in [0.25, 0.3) is 0 Å². The molecule has 1 aliphatic carbocycles. The first kappa shape index (κ1) is 37.7. The number of nitrogens with zero attached hydrogens (tertiary/aromatic N) is 2. The number of ether oxygens (including phenoxy) is 1. The molecule has 0 unspecified atom stereocenters. The molecule has 0 spiro atoms. The number of nitrogens with one attached hydrogen (secondary N) is 3. The van der Waals surface area contributed by atoms with Gasteiger partial charge in [0.25, 0.3) is 11.8 Å². The normalized spacial score (nSPS) is 16.7. The van der Waals surface area contributed by atoms with E-state index >= 15 is 0 Å². The van der Waals surface area contributed by atoms with Gasteiger partial charge in [-0.2, -0.15) is 0 Å². The first-order valence-corrected chi connectivity index (χ1v) is 17.1. The molecule has 0 saturated carbocycles. The number of carbonyl (C=O) groups excluding carboxylic acids is 3. The first-order chi connectivity index (χ1) is 24.9. The van der Waals surface area contributed by atoms with Crippen molar-refractivity contribution in [3.8, 4) is 11.8 Å². The van der Waals surface area contributed by atoms with E-state index in [1.165, 1.54) is 12.1 Å². The van der Waals surface area contributed by atoms with E-state index in [-0.39, 0.29) is 19.5 Å². The second kappa shape index (κ2) is 16.7. The van der Waals surface area contributed by atoms with Crippen LogP contribution >= 0.6 is 0 Å². The number of rotatable bonds is 11. The first-order valence-electron chi connectivity index (χ1n) is 17.1. The molecule has 5 N–H and O–H groups in total. The summed E-state index contributed by atoms with van der Waals surface area (Å²) >= 11 is 0. The lowest BCUT2D eigenvalue weighted by Crippen LogP contribution is -2.62. The highest BCUT2D eigenvalue weighted by atomic mass is 16.5. The van der Waals surface area contributed by atoms with Crippen LogP contribution in [0.15, 0.2) is 103 Å². The van der Waals surface area contributed by atoms with Gasteiger partial charge in [0.15, 0.2) is 5.60 Å². The topological polar surface area (TPSA) is 153 Å². The number of hydrogen-bond acceptors (Lipinski definition) is 8. The largest absolute Gasteiger partial charge is 0.453 e. The summed E-state index contributed by atoms with van der Waals surface area (Å²) in [7, 11) is 1.22. The van der Waals surface area contributed by atoms with Crippen LogP contribution in [0, 0.1) is 17.3 Å². The maximum atomic E-state index is 14.3. The van der Waals surface area contributed by atoms with Crippen LogP contribution < -0.4 is 16.1 Å². The standard InChI is InChI=1S/C41H45N5O6/c1-40(2,3)36(45-39(50)52-4)37(48)46(26-30-19-17-28(18-20-30)21-22-32-15-10-11-23-42-32)43-27-41(51,25-29-12-6-5-7-13-29)38(49)44-35-33-16-9-8-14-31(33)24-34(35)47/h5-20,23,34-36,43,47,51H,24-27H2,1-4H3,(H,44,49)(H,45,50)/t34-,35+,36-,41+/m1/s1. The molecule has 0 saturated heterocycles. The Balaban J connectivity index is 1.43. The number of aliphatic hydroxyl groups is 2. The lowest BCUT2D eigenvalue weighted by molar-refractivity contribution is -0.147. The van der Waals surface area contributed by atoms with Crippen molar-refractivity contribution in [3.63, 3.8) is 0 Å². The number of alkyl carbamates (subject to hydrolysis) is 1. The third-order valence-corrected chi connectivity index (χ3v) is 8.94. The Hall–Kier alpha value is -5.54. The highest BCUT2D eigenvalue weighted by Gasteiger charge is 2.42. The van der Waals surface area contributed by atoms with Gasteiger partial charge in [-0.3, -0.25) is 14.6 Å². The Morgan fingerprint density at radius 2 is 1.62 bits per heavy atom. The smallest absolute Gasteiger partial charge is 0.407 e. The van der Waals surface area contributed by atoms with E-state index in [1.807, 2.05) is 106 Å². The number of hydrazine groups is 1. The maximum Gasteiger partial charge on any atom is 0.407 e. The Kier molecular flexibility index (Phi) is 12.1. The summed E-state index contributed by atoms with van der Waals surface area (Å²) in [6.45, 7) is 5.06. The number of fused-ring (bicyclic) bond motifs is 1. The number of aromatic nitrogens is 1. The van der Waals surface area contributed by atoms with Gasteiger partial charge in [0.1, 0.15) is 11.7 Å². The predicted octanol–water partition coefficient (Wildman–Crippen LogP) is 3.83. The van der Waals surface area contributed by atoms with Crippen LogP contribution in [0.1, 0.15) is 60.3 Å². The van der Waals surface area contributed by atoms with Gasteiger partial charge in [0, 0.05) is 24.6 Å². The van der Waals surface area contributed by atoms with Gasteiger partial charge in [-0.25, -0.2) is 15.2 Å². The third kappa shape index (κ3) is 9.61. The number of hydrogen-bond donors (Lipinski definition) is 5. The van der Waals surface area contributed by atoms with Crippen molar-refractivity contribution in [1.29, 1.82) is 0 Å². The van der Waals surface area contributed by atoms with Crippen LogP contribution in [-0.2, 0) is 33.7 Å². The molecular weight excluding hydrogens is 658 g/mol. The summed E-state index contributed by atoms with van der Waals surface area (Å²) in [4.78, 5) is 45.0. The van der Waals surface area contributed by atoms with Crippen LogP contribution in [-0.4, -0.2) is 69.5 Å². The van der Waals surface area contributed by atoms with Gasteiger partial charge in [-0.15, -0.1) is 0 Å². The number of benzene rings is 3. The van der Waals surface area contributed by atoms with E-state index in [4.69, 9.17) is 4.74 Å². The zero-order valence-corrected chi connectivity index (χ0v) is 29.8. The van der Waals surface area contributed by atoms with E-state index in [1.54, 1.807) is 18.3 Å². The molecule has 1 aromatic heterocycles. The number of pyridine rings is 1. The highest BCUT2D eigenvalue weighted by Crippen LogP contribution is 2.32. The monoisotopic (exact) mass is 703 g/mol. The molecule has 270 valence electrons. The van der Waals surface area contributed by atoms with Gasteiger partial charge in [0.2, 0.25) is 0 Å². The predicted molar refractivity (Wildman–Crippen MR) is 196 cm³/mol. The average Bonchev–Trinajstić information content (AvgIpc) is 3.46. The molecule has 4 aromatic rings. The van der Waals surface area contributed by atoms with Gasteiger partial charge >= 0.3 is 6.09 Å². The molecule has 1 aliphatic rings. The second-order valence-corrected chi connectivity index (χ2v) is 14.0. The van der Waals surface area contributed by atoms with Crippen molar-refractivity contribution in [3.05, 3.63) is 137 Å². The van der Waals surface area contributed by atoms with E-state index in [9.17, 15) is 24.6 Å². The molecule has 3 amide bonds. The minimum Gasteiger partial charge on any atom is -0.453 e. The molecule has 0 fully saturated rings. The van der Waals surface area contributed by atoms with Crippen LogP contribution in [0.5, 0.6) is 0 Å². The number of carbonyl (C=O) groups is 3. The third-order valence-electron chi connectivity index (χ3n) is 8.94. The summed E-state index contributed by atoms with van der Waals surface area (Å²) in [5.41, 5.74) is 4.71. The van der Waals surface area contributed by atoms with Crippen LogP contribution in [0.3, 0.4) is 0 Å². The Labute approximate surface area is 304 Å². The zero-order chi connectivity index (χ0) is 37.3. The van der Waals surface area contributed by atoms with Crippen molar-refractivity contribution in [2.45, 2.75) is 63.9 Å². The minimum absolute atomic E-state index is 0.0139. The summed E-state index contributed by atoms with van der Waals surface area (Å²) in [5, 5.41) is 29.9. The fraction of sp³-hybridized carbons (Fsp3) is 0.317. The van der Waals surface area contributed by atoms with E-state index in [0.717, 1.165) is 22.3 Å². The molecule has 0 bridgehead atoms. The van der Waals surface area contributed by atoms with Crippen LogP contribution in [0.2, 0.25) is 0 Å². The summed E-state index contributed by atoms with van der Waals surface area (Å²) < 4.78 is 4.83. The maximum absolute atomic E-state index is 14.3. The van der Waals surface area contributed by atoms with Gasteiger partial charge in [-0.05, 0) is 57.9 Å². The van der Waals surface area contributed by atoms with E-state index in [0.29, 0.717) is 17.7 Å². The minimum atomic E-state index is -2.07. The van der Waals surface area contributed by atoms with Crippen molar-refractivity contribution in [2.24, 2.45) is 5.41 Å². The summed E-state index contributed by atoms with van der Waals surface area (Å²) in [6, 6.07) is 27.6. The van der Waals surface area contributed by atoms with Crippen molar-refractivity contribution >= 4 is 17.9 Å². The molecule has 3 aromatic carbocycles. The lowest BCUT2D eigenvalue weighted by atomic mass is 9.86. The van der Waals surface area contributed by atoms with Crippen molar-refractivity contribution in [1.82, 2.24) is 26.1 Å². The molecule has 5 rings (SSSR count). The molecular formula is C41H45N5O6. The van der Waals surface area contributed by atoms with Gasteiger partial charge < -0.3 is 25.6 Å². The summed E-state index contributed by atoms with van der Waals surface area (Å²) in [5.74, 6) is 4.88. The molecule has 4 atom stereocenters. The SMILES string of the molecule is COC(=O)N[C@H](C(=O)N(Cc1ccc(C#Cc2ccccn2)cc1)NC[C@@](O)(Cc1ccccc1)C(=O)N[C@H]1c2ccccc2C[C@H]1O)C(C)(C)C. The molecule has 11 heteroatoms. The molecule has 11 nitrogen and oxygen atoms in total. The quantitative estimate of drug-likeness (QED) is 0.117. The molecule has 0 radical (unpaired) electrons. The average molecular weight is 704 g/mol. The number of amides is 3. The summed E-state index contributed by atoms with van der Waals surface area (Å²) in [6.07, 6.45) is 0.300. The fourth-order valence-corrected chi connectivity index (χ4v) is 6.05. The Morgan fingerprint density at radius 3 is 2.29 bits per heavy atom. The molecule has 52 heavy (non-hydrogen) atoms. The van der Waals surface area contributed by atoms with Gasteiger partial charge in [0.05, 0.1) is 32.3 Å². The van der Waals surface area contributed by atoms with Gasteiger partial charge in [-0.1, -0.05) is 99.5 Å². The Bertz CT molecular complexity index is 1900. The van der Waals surface area contributed by atoms with E-state index in [2.05, 4.69) is 32.9 Å². The lowest BCUT2D eigenvalue weighted by Gasteiger charge is -2.37. The molecule has 0 aliphatic heterocycles. The molecule has 1 heterocycles. The van der Waals surface area contributed by atoms with E-state index < -0.39 is 47.1 Å². The Morgan fingerprint density at radius 1 is 0.923 bits per heavy atom. The number of aliphatic hydroxyl groups excluding tert-OH is 1. The fourth-order valence-electron chi connectivity index (χ4n) is 6.05.